The third kappa shape index (κ3) is 3.22. The summed E-state index contributed by atoms with van der Waals surface area (Å²) in [6.45, 7) is 1.33. The first-order valence-electron chi connectivity index (χ1n) is 5.87. The standard InChI is InChI=1S/C12H17NO4S/c13-7-9(14)8-18(15)10-2-3-11-12(6-10)17-5-1-4-16-11/h2-3,6,9,14H,1,4-5,7-8,13H2. The van der Waals surface area contributed by atoms with Gasteiger partial charge >= 0.3 is 0 Å². The molecule has 0 bridgehead atoms. The van der Waals surface area contributed by atoms with Crippen LogP contribution in [0.3, 0.4) is 0 Å². The van der Waals surface area contributed by atoms with E-state index in [0.29, 0.717) is 29.6 Å². The van der Waals surface area contributed by atoms with Crippen molar-refractivity contribution in [2.75, 3.05) is 25.5 Å². The third-order valence-electron chi connectivity index (χ3n) is 2.60. The second-order valence-electron chi connectivity index (χ2n) is 4.06. The Morgan fingerprint density at radius 3 is 2.78 bits per heavy atom. The van der Waals surface area contributed by atoms with Crippen molar-refractivity contribution in [3.05, 3.63) is 18.2 Å². The fraction of sp³-hybridized carbons (Fsp3) is 0.500. The van der Waals surface area contributed by atoms with Gasteiger partial charge in [-0.25, -0.2) is 0 Å². The van der Waals surface area contributed by atoms with Gasteiger partial charge in [0.2, 0.25) is 0 Å². The van der Waals surface area contributed by atoms with Crippen LogP contribution in [0.25, 0.3) is 0 Å². The van der Waals surface area contributed by atoms with Gasteiger partial charge in [-0.3, -0.25) is 4.21 Å². The molecule has 0 aliphatic carbocycles. The summed E-state index contributed by atoms with van der Waals surface area (Å²) in [6.07, 6.45) is 0.0840. The lowest BCUT2D eigenvalue weighted by atomic mass is 10.3. The molecule has 0 fully saturated rings. The summed E-state index contributed by atoms with van der Waals surface area (Å²) in [5, 5.41) is 9.40. The number of rotatable bonds is 4. The van der Waals surface area contributed by atoms with Gasteiger partial charge in [0.1, 0.15) is 0 Å². The average molecular weight is 271 g/mol. The maximum Gasteiger partial charge on any atom is 0.162 e. The zero-order valence-corrected chi connectivity index (χ0v) is 10.8. The minimum atomic E-state index is -1.28. The summed E-state index contributed by atoms with van der Waals surface area (Å²) in [5.74, 6) is 1.42. The highest BCUT2D eigenvalue weighted by Gasteiger charge is 2.15. The van der Waals surface area contributed by atoms with Gasteiger partial charge < -0.3 is 20.3 Å². The van der Waals surface area contributed by atoms with Crippen LogP contribution in [0.1, 0.15) is 6.42 Å². The Hall–Kier alpha value is -1.11. The highest BCUT2D eigenvalue weighted by molar-refractivity contribution is 7.85. The molecule has 100 valence electrons. The molecule has 5 nitrogen and oxygen atoms in total. The van der Waals surface area contributed by atoms with E-state index in [9.17, 15) is 9.32 Å². The summed E-state index contributed by atoms with van der Waals surface area (Å²) < 4.78 is 23.0. The lowest BCUT2D eigenvalue weighted by Gasteiger charge is -2.10. The van der Waals surface area contributed by atoms with Crippen molar-refractivity contribution >= 4 is 10.8 Å². The summed E-state index contributed by atoms with van der Waals surface area (Å²) in [7, 11) is -1.28. The highest BCUT2D eigenvalue weighted by Crippen LogP contribution is 2.31. The van der Waals surface area contributed by atoms with Crippen LogP contribution < -0.4 is 15.2 Å². The second kappa shape index (κ2) is 6.17. The molecular formula is C12H17NO4S. The van der Waals surface area contributed by atoms with Gasteiger partial charge in [0.05, 0.1) is 35.9 Å². The Morgan fingerprint density at radius 1 is 1.33 bits per heavy atom. The normalized spacial score (nSPS) is 17.9. The van der Waals surface area contributed by atoms with Gasteiger partial charge in [0.25, 0.3) is 0 Å². The Balaban J connectivity index is 2.15. The van der Waals surface area contributed by atoms with Crippen molar-refractivity contribution in [3.8, 4) is 11.5 Å². The zero-order chi connectivity index (χ0) is 13.0. The SMILES string of the molecule is NCC(O)CS(=O)c1ccc2c(c1)OCCCO2. The number of hydrogen-bond donors (Lipinski definition) is 2. The van der Waals surface area contributed by atoms with Crippen molar-refractivity contribution in [1.82, 2.24) is 0 Å². The monoisotopic (exact) mass is 271 g/mol. The molecule has 1 aliphatic heterocycles. The van der Waals surface area contributed by atoms with E-state index in [1.54, 1.807) is 18.2 Å². The first-order chi connectivity index (χ1) is 8.70. The minimum absolute atomic E-state index is 0.107. The highest BCUT2D eigenvalue weighted by atomic mass is 32.2. The molecule has 2 atom stereocenters. The number of hydrogen-bond acceptors (Lipinski definition) is 5. The largest absolute Gasteiger partial charge is 0.490 e. The van der Waals surface area contributed by atoms with Gasteiger partial charge in [0, 0.05) is 23.9 Å². The smallest absolute Gasteiger partial charge is 0.162 e. The van der Waals surface area contributed by atoms with Crippen molar-refractivity contribution in [3.63, 3.8) is 0 Å². The van der Waals surface area contributed by atoms with Gasteiger partial charge in [0.15, 0.2) is 11.5 Å². The molecule has 0 radical (unpaired) electrons. The van der Waals surface area contributed by atoms with Crippen LogP contribution in [0, 0.1) is 0 Å². The lowest BCUT2D eigenvalue weighted by Crippen LogP contribution is -2.26. The Kier molecular flexibility index (Phi) is 4.57. The lowest BCUT2D eigenvalue weighted by molar-refractivity contribution is 0.207. The molecule has 2 unspecified atom stereocenters. The number of aliphatic hydroxyl groups excluding tert-OH is 1. The van der Waals surface area contributed by atoms with Crippen molar-refractivity contribution in [2.45, 2.75) is 17.4 Å². The molecule has 0 aromatic heterocycles. The summed E-state index contributed by atoms with van der Waals surface area (Å²) in [4.78, 5) is 0.617. The molecule has 0 saturated carbocycles. The number of benzene rings is 1. The molecule has 1 aromatic rings. The van der Waals surface area contributed by atoms with Crippen molar-refractivity contribution < 1.29 is 18.8 Å². The van der Waals surface area contributed by atoms with Gasteiger partial charge in [-0.1, -0.05) is 0 Å². The number of fused-ring (bicyclic) bond motifs is 1. The second-order valence-corrected chi connectivity index (χ2v) is 5.56. The predicted octanol–water partition coefficient (Wildman–Crippen LogP) is 0.275. The molecule has 0 saturated heterocycles. The fourth-order valence-electron chi connectivity index (χ4n) is 1.62. The molecule has 1 heterocycles. The first kappa shape index (κ1) is 13.3. The van der Waals surface area contributed by atoms with Gasteiger partial charge in [-0.05, 0) is 12.1 Å². The van der Waals surface area contributed by atoms with Crippen LogP contribution in [0.15, 0.2) is 23.1 Å². The van der Waals surface area contributed by atoms with E-state index in [1.807, 2.05) is 0 Å². The van der Waals surface area contributed by atoms with Crippen LogP contribution in [-0.2, 0) is 10.8 Å². The van der Waals surface area contributed by atoms with Crippen molar-refractivity contribution in [2.24, 2.45) is 5.73 Å². The van der Waals surface area contributed by atoms with E-state index in [4.69, 9.17) is 15.2 Å². The van der Waals surface area contributed by atoms with Gasteiger partial charge in [-0.15, -0.1) is 0 Å². The number of nitrogens with two attached hydrogens (primary N) is 1. The first-order valence-corrected chi connectivity index (χ1v) is 7.18. The van der Waals surface area contributed by atoms with E-state index in [1.165, 1.54) is 0 Å². The average Bonchev–Trinajstić information content (AvgIpc) is 2.62. The summed E-state index contributed by atoms with van der Waals surface area (Å²) in [5.41, 5.74) is 5.30. The zero-order valence-electron chi connectivity index (χ0n) is 10.0. The summed E-state index contributed by atoms with van der Waals surface area (Å²) in [6, 6.07) is 5.19. The Labute approximate surface area is 108 Å². The van der Waals surface area contributed by atoms with Crippen LogP contribution in [-0.4, -0.2) is 40.9 Å². The van der Waals surface area contributed by atoms with Crippen molar-refractivity contribution in [1.29, 1.82) is 0 Å². The molecule has 0 spiro atoms. The molecule has 0 amide bonds. The van der Waals surface area contributed by atoms with Gasteiger partial charge in [-0.2, -0.15) is 0 Å². The van der Waals surface area contributed by atoms with E-state index >= 15 is 0 Å². The Morgan fingerprint density at radius 2 is 2.06 bits per heavy atom. The van der Waals surface area contributed by atoms with Crippen LogP contribution in [0.2, 0.25) is 0 Å². The Bertz CT molecular complexity index is 438. The quantitative estimate of drug-likeness (QED) is 0.821. The molecule has 3 N–H and O–H groups in total. The van der Waals surface area contributed by atoms with E-state index in [2.05, 4.69) is 0 Å². The van der Waals surface area contributed by atoms with E-state index in [-0.39, 0.29) is 12.3 Å². The van der Waals surface area contributed by atoms with E-state index < -0.39 is 16.9 Å². The topological polar surface area (TPSA) is 81.8 Å². The molecular weight excluding hydrogens is 254 g/mol. The van der Waals surface area contributed by atoms with Crippen LogP contribution in [0.5, 0.6) is 11.5 Å². The molecule has 18 heavy (non-hydrogen) atoms. The predicted molar refractivity (Wildman–Crippen MR) is 68.4 cm³/mol. The van der Waals surface area contributed by atoms with Crippen LogP contribution in [0.4, 0.5) is 0 Å². The number of aliphatic hydroxyl groups is 1. The molecule has 6 heteroatoms. The maximum absolute atomic E-state index is 12.0. The van der Waals surface area contributed by atoms with Crippen LogP contribution >= 0.6 is 0 Å². The minimum Gasteiger partial charge on any atom is -0.490 e. The maximum atomic E-state index is 12.0. The summed E-state index contributed by atoms with van der Waals surface area (Å²) >= 11 is 0. The molecule has 2 rings (SSSR count). The molecule has 1 aliphatic rings. The number of ether oxygens (including phenoxy) is 2. The fourth-order valence-corrected chi connectivity index (χ4v) is 2.76. The molecule has 1 aromatic carbocycles. The van der Waals surface area contributed by atoms with E-state index in [0.717, 1.165) is 6.42 Å². The third-order valence-corrected chi connectivity index (χ3v) is 4.06.